The Balaban J connectivity index is 1.60. The van der Waals surface area contributed by atoms with E-state index in [0.29, 0.717) is 6.54 Å². The van der Waals surface area contributed by atoms with E-state index < -0.39 is 5.60 Å². The predicted octanol–water partition coefficient (Wildman–Crippen LogP) is 3.03. The number of urea groups is 1. The fourth-order valence-electron chi connectivity index (χ4n) is 2.75. The highest BCUT2D eigenvalue weighted by atomic mass is 32.1. The van der Waals surface area contributed by atoms with Crippen LogP contribution in [0, 0.1) is 6.92 Å². The van der Waals surface area contributed by atoms with E-state index in [4.69, 9.17) is 0 Å². The van der Waals surface area contributed by atoms with Crippen LogP contribution in [-0.4, -0.2) is 28.3 Å². The van der Waals surface area contributed by atoms with Crippen LogP contribution in [0.4, 0.5) is 10.5 Å². The highest BCUT2D eigenvalue weighted by Crippen LogP contribution is 2.28. The Bertz CT molecular complexity index is 662. The standard InChI is InChI=1S/C15H19N3O2S/c1-10-17-12-5-4-11(8-13(12)21-10)18-14(19)16-9-15(20)6-2-3-7-15/h4-5,8,20H,2-3,6-7,9H2,1H3,(H2,16,18,19). The summed E-state index contributed by atoms with van der Waals surface area (Å²) in [6.07, 6.45) is 3.58. The number of hydrogen-bond acceptors (Lipinski definition) is 4. The van der Waals surface area contributed by atoms with E-state index in [1.165, 1.54) is 0 Å². The number of aliphatic hydroxyl groups is 1. The van der Waals surface area contributed by atoms with Crippen molar-refractivity contribution in [1.29, 1.82) is 0 Å². The summed E-state index contributed by atoms with van der Waals surface area (Å²) in [5, 5.41) is 16.8. The molecule has 5 nitrogen and oxygen atoms in total. The highest BCUT2D eigenvalue weighted by Gasteiger charge is 2.31. The average molecular weight is 305 g/mol. The molecule has 1 heterocycles. The van der Waals surface area contributed by atoms with Gasteiger partial charge in [0.1, 0.15) is 0 Å². The number of aryl methyl sites for hydroxylation is 1. The van der Waals surface area contributed by atoms with Crippen LogP contribution >= 0.6 is 11.3 Å². The first-order valence-corrected chi connectivity index (χ1v) is 8.00. The predicted molar refractivity (Wildman–Crippen MR) is 84.8 cm³/mol. The van der Waals surface area contributed by atoms with Gasteiger partial charge < -0.3 is 15.7 Å². The average Bonchev–Trinajstić information content (AvgIpc) is 3.02. The molecule has 0 radical (unpaired) electrons. The third kappa shape index (κ3) is 3.33. The van der Waals surface area contributed by atoms with Gasteiger partial charge in [0.15, 0.2) is 0 Å². The molecule has 2 aromatic rings. The number of carbonyl (C=O) groups excluding carboxylic acids is 1. The van der Waals surface area contributed by atoms with Crippen molar-refractivity contribution in [2.45, 2.75) is 38.2 Å². The summed E-state index contributed by atoms with van der Waals surface area (Å²) in [4.78, 5) is 16.3. The summed E-state index contributed by atoms with van der Waals surface area (Å²) >= 11 is 1.60. The maximum absolute atomic E-state index is 11.9. The molecule has 6 heteroatoms. The number of nitrogens with zero attached hydrogens (tertiary/aromatic N) is 1. The fraction of sp³-hybridized carbons (Fsp3) is 0.467. The third-order valence-electron chi connectivity index (χ3n) is 3.87. The van der Waals surface area contributed by atoms with Crippen LogP contribution in [0.1, 0.15) is 30.7 Å². The van der Waals surface area contributed by atoms with Crippen molar-refractivity contribution in [2.75, 3.05) is 11.9 Å². The SMILES string of the molecule is Cc1nc2ccc(NC(=O)NCC3(O)CCCC3)cc2s1. The molecule has 112 valence electrons. The summed E-state index contributed by atoms with van der Waals surface area (Å²) in [5.41, 5.74) is 0.960. The first-order chi connectivity index (χ1) is 10.0. The van der Waals surface area contributed by atoms with Crippen LogP contribution in [0.2, 0.25) is 0 Å². The zero-order valence-electron chi connectivity index (χ0n) is 12.0. The number of amides is 2. The van der Waals surface area contributed by atoms with E-state index in [-0.39, 0.29) is 6.03 Å². The molecule has 0 spiro atoms. The van der Waals surface area contributed by atoms with E-state index in [0.717, 1.165) is 46.6 Å². The van der Waals surface area contributed by atoms with Gasteiger partial charge in [-0.15, -0.1) is 11.3 Å². The van der Waals surface area contributed by atoms with E-state index in [1.807, 2.05) is 25.1 Å². The van der Waals surface area contributed by atoms with Crippen molar-refractivity contribution in [1.82, 2.24) is 10.3 Å². The zero-order valence-corrected chi connectivity index (χ0v) is 12.8. The first-order valence-electron chi connectivity index (χ1n) is 7.19. The van der Waals surface area contributed by atoms with E-state index in [2.05, 4.69) is 15.6 Å². The van der Waals surface area contributed by atoms with Crippen molar-refractivity contribution < 1.29 is 9.90 Å². The van der Waals surface area contributed by atoms with Gasteiger partial charge in [0.2, 0.25) is 0 Å². The lowest BCUT2D eigenvalue weighted by Crippen LogP contribution is -2.42. The number of nitrogens with one attached hydrogen (secondary N) is 2. The number of thiazole rings is 1. The summed E-state index contributed by atoms with van der Waals surface area (Å²) in [5.74, 6) is 0. The normalized spacial score (nSPS) is 17.0. The monoisotopic (exact) mass is 305 g/mol. The van der Waals surface area contributed by atoms with Gasteiger partial charge in [0.05, 0.1) is 20.8 Å². The smallest absolute Gasteiger partial charge is 0.319 e. The van der Waals surface area contributed by atoms with E-state index in [1.54, 1.807) is 11.3 Å². The van der Waals surface area contributed by atoms with Gasteiger partial charge in [-0.05, 0) is 38.0 Å². The fourth-order valence-corrected chi connectivity index (χ4v) is 3.61. The zero-order chi connectivity index (χ0) is 14.9. The molecule has 0 saturated heterocycles. The lowest BCUT2D eigenvalue weighted by atomic mass is 10.0. The van der Waals surface area contributed by atoms with Crippen molar-refractivity contribution in [3.05, 3.63) is 23.2 Å². The molecule has 1 fully saturated rings. The Labute approximate surface area is 127 Å². The molecule has 3 rings (SSSR count). The Morgan fingerprint density at radius 3 is 2.95 bits per heavy atom. The second-order valence-corrected chi connectivity index (χ2v) is 6.89. The van der Waals surface area contributed by atoms with Crippen LogP contribution in [0.3, 0.4) is 0 Å². The maximum atomic E-state index is 11.9. The highest BCUT2D eigenvalue weighted by molar-refractivity contribution is 7.18. The Kier molecular flexibility index (Phi) is 3.82. The van der Waals surface area contributed by atoms with Crippen LogP contribution in [0.5, 0.6) is 0 Å². The molecule has 1 aliphatic rings. The lowest BCUT2D eigenvalue weighted by Gasteiger charge is -2.22. The summed E-state index contributed by atoms with van der Waals surface area (Å²) in [6, 6.07) is 5.38. The van der Waals surface area contributed by atoms with Crippen LogP contribution in [0.25, 0.3) is 10.2 Å². The maximum Gasteiger partial charge on any atom is 0.319 e. The van der Waals surface area contributed by atoms with Gasteiger partial charge >= 0.3 is 6.03 Å². The number of benzene rings is 1. The van der Waals surface area contributed by atoms with E-state index in [9.17, 15) is 9.90 Å². The number of carbonyl (C=O) groups is 1. The molecular weight excluding hydrogens is 286 g/mol. The quantitative estimate of drug-likeness (QED) is 0.816. The van der Waals surface area contributed by atoms with Crippen LogP contribution < -0.4 is 10.6 Å². The molecule has 1 saturated carbocycles. The number of hydrogen-bond donors (Lipinski definition) is 3. The summed E-state index contributed by atoms with van der Waals surface area (Å²) in [7, 11) is 0. The topological polar surface area (TPSA) is 74.2 Å². The number of fused-ring (bicyclic) bond motifs is 1. The summed E-state index contributed by atoms with van der Waals surface area (Å²) in [6.45, 7) is 2.27. The van der Waals surface area contributed by atoms with Crippen molar-refractivity contribution >= 4 is 33.3 Å². The second kappa shape index (κ2) is 5.61. The minimum Gasteiger partial charge on any atom is -0.388 e. The molecule has 0 bridgehead atoms. The largest absolute Gasteiger partial charge is 0.388 e. The molecule has 2 amide bonds. The minimum absolute atomic E-state index is 0.282. The molecule has 0 atom stereocenters. The molecule has 1 aliphatic carbocycles. The number of aromatic nitrogens is 1. The van der Waals surface area contributed by atoms with Crippen LogP contribution in [0.15, 0.2) is 18.2 Å². The Hall–Kier alpha value is -1.66. The minimum atomic E-state index is -0.726. The van der Waals surface area contributed by atoms with Gasteiger partial charge in [-0.2, -0.15) is 0 Å². The molecular formula is C15H19N3O2S. The Morgan fingerprint density at radius 1 is 1.43 bits per heavy atom. The Morgan fingerprint density at radius 2 is 2.19 bits per heavy atom. The molecule has 0 unspecified atom stereocenters. The van der Waals surface area contributed by atoms with Crippen molar-refractivity contribution in [2.24, 2.45) is 0 Å². The van der Waals surface area contributed by atoms with Gasteiger partial charge in [-0.3, -0.25) is 0 Å². The third-order valence-corrected chi connectivity index (χ3v) is 4.80. The van der Waals surface area contributed by atoms with Crippen molar-refractivity contribution in [3.8, 4) is 0 Å². The van der Waals surface area contributed by atoms with Gasteiger partial charge in [-0.1, -0.05) is 12.8 Å². The van der Waals surface area contributed by atoms with Gasteiger partial charge in [0.25, 0.3) is 0 Å². The first kappa shape index (κ1) is 14.3. The van der Waals surface area contributed by atoms with Crippen LogP contribution in [-0.2, 0) is 0 Å². The molecule has 3 N–H and O–H groups in total. The second-order valence-electron chi connectivity index (χ2n) is 5.65. The lowest BCUT2D eigenvalue weighted by molar-refractivity contribution is 0.0506. The molecule has 0 aliphatic heterocycles. The number of rotatable bonds is 3. The van der Waals surface area contributed by atoms with Gasteiger partial charge in [0, 0.05) is 12.2 Å². The van der Waals surface area contributed by atoms with Gasteiger partial charge in [-0.25, -0.2) is 9.78 Å². The summed E-state index contributed by atoms with van der Waals surface area (Å²) < 4.78 is 1.06. The number of anilines is 1. The molecule has 21 heavy (non-hydrogen) atoms. The van der Waals surface area contributed by atoms with E-state index >= 15 is 0 Å². The molecule has 1 aromatic carbocycles. The van der Waals surface area contributed by atoms with Crippen molar-refractivity contribution in [3.63, 3.8) is 0 Å². The molecule has 1 aromatic heterocycles.